The van der Waals surface area contributed by atoms with E-state index in [-0.39, 0.29) is 47.6 Å². The Bertz CT molecular complexity index is 1720. The highest BCUT2D eigenvalue weighted by Crippen LogP contribution is 2.37. The zero-order valence-electron chi connectivity index (χ0n) is 28.6. The second-order valence-electron chi connectivity index (χ2n) is 14.1. The van der Waals surface area contributed by atoms with Gasteiger partial charge in [0.1, 0.15) is 17.6 Å². The SMILES string of the molecule is CCC[C@H](NC(=O)[C@H]1CN(C(=O)[C@@H](Nc2nc3cc(C(F)(F)P)ccc3o2)C(C)(C)C)CCN1Cc1ccc(Cl)cc1)C(=O)C(=O)NC1CC1. The Hall–Kier alpha value is -3.67. The molecular weight excluding hydrogens is 689 g/mol. The molecule has 3 amide bonds. The Morgan fingerprint density at radius 1 is 1.08 bits per heavy atom. The Morgan fingerprint density at radius 2 is 1.78 bits per heavy atom. The molecule has 1 unspecified atom stereocenters. The maximum absolute atomic E-state index is 14.3. The van der Waals surface area contributed by atoms with Gasteiger partial charge in [-0.1, -0.05) is 67.1 Å². The molecule has 3 N–H and O–H groups in total. The normalized spacial score (nSPS) is 18.4. The Balaban J connectivity index is 1.37. The quantitative estimate of drug-likeness (QED) is 0.164. The molecule has 15 heteroatoms. The van der Waals surface area contributed by atoms with E-state index in [9.17, 15) is 28.0 Å². The number of ketones is 1. The highest BCUT2D eigenvalue weighted by Gasteiger charge is 2.42. The van der Waals surface area contributed by atoms with Crippen LogP contribution in [0.2, 0.25) is 5.02 Å². The first-order chi connectivity index (χ1) is 23.5. The van der Waals surface area contributed by atoms with Gasteiger partial charge >= 0.3 is 0 Å². The van der Waals surface area contributed by atoms with Crippen molar-refractivity contribution < 1.29 is 32.4 Å². The summed E-state index contributed by atoms with van der Waals surface area (Å²) in [6.07, 6.45) is 2.49. The van der Waals surface area contributed by atoms with E-state index < -0.39 is 46.8 Å². The minimum Gasteiger partial charge on any atom is -0.424 e. The van der Waals surface area contributed by atoms with Crippen LogP contribution >= 0.6 is 20.8 Å². The number of nitrogens with zero attached hydrogens (tertiary/aromatic N) is 3. The van der Waals surface area contributed by atoms with Crippen LogP contribution in [0.15, 0.2) is 46.9 Å². The summed E-state index contributed by atoms with van der Waals surface area (Å²) in [4.78, 5) is 61.9. The number of piperazine rings is 1. The summed E-state index contributed by atoms with van der Waals surface area (Å²) in [6, 6.07) is 8.42. The summed E-state index contributed by atoms with van der Waals surface area (Å²) < 4.78 is 33.6. The number of benzene rings is 2. The summed E-state index contributed by atoms with van der Waals surface area (Å²) >= 11 is 6.10. The van der Waals surface area contributed by atoms with Crippen LogP contribution in [0.25, 0.3) is 11.1 Å². The molecule has 2 aliphatic rings. The van der Waals surface area contributed by atoms with Gasteiger partial charge in [0, 0.05) is 42.8 Å². The zero-order valence-corrected chi connectivity index (χ0v) is 30.5. The monoisotopic (exact) mass is 732 g/mol. The third-order valence-corrected chi connectivity index (χ3v) is 9.49. The Morgan fingerprint density at radius 3 is 2.40 bits per heavy atom. The van der Waals surface area contributed by atoms with Crippen LogP contribution in [0.4, 0.5) is 14.8 Å². The van der Waals surface area contributed by atoms with Crippen LogP contribution in [0.1, 0.15) is 64.5 Å². The molecule has 1 saturated carbocycles. The second kappa shape index (κ2) is 15.3. The number of oxazole rings is 1. The van der Waals surface area contributed by atoms with Crippen molar-refractivity contribution in [3.05, 3.63) is 58.6 Å². The molecule has 50 heavy (non-hydrogen) atoms. The molecule has 2 heterocycles. The van der Waals surface area contributed by atoms with Crippen LogP contribution in [-0.2, 0) is 31.4 Å². The average Bonchev–Trinajstić information content (AvgIpc) is 3.77. The molecule has 1 saturated heterocycles. The summed E-state index contributed by atoms with van der Waals surface area (Å²) in [6.45, 7) is 8.50. The fourth-order valence-corrected chi connectivity index (χ4v) is 6.21. The first-order valence-electron chi connectivity index (χ1n) is 16.8. The number of fused-ring (bicyclic) bond motifs is 1. The van der Waals surface area contributed by atoms with Crippen LogP contribution in [-0.4, -0.2) is 82.1 Å². The molecule has 0 spiro atoms. The van der Waals surface area contributed by atoms with E-state index >= 15 is 0 Å². The molecule has 270 valence electrons. The zero-order chi connectivity index (χ0) is 36.4. The lowest BCUT2D eigenvalue weighted by Crippen LogP contribution is -2.63. The Labute approximate surface area is 297 Å². The summed E-state index contributed by atoms with van der Waals surface area (Å²) in [5.74, 6) is -2.18. The van der Waals surface area contributed by atoms with Gasteiger partial charge in [0.25, 0.3) is 17.6 Å². The first-order valence-corrected chi connectivity index (χ1v) is 17.8. The van der Waals surface area contributed by atoms with E-state index in [0.29, 0.717) is 31.1 Å². The van der Waals surface area contributed by atoms with E-state index in [4.69, 9.17) is 16.0 Å². The van der Waals surface area contributed by atoms with Gasteiger partial charge in [-0.05, 0) is 60.6 Å². The van der Waals surface area contributed by atoms with E-state index in [1.54, 1.807) is 17.0 Å². The smallest absolute Gasteiger partial charge is 0.296 e. The van der Waals surface area contributed by atoms with Gasteiger partial charge in [0.2, 0.25) is 17.6 Å². The van der Waals surface area contributed by atoms with E-state index in [2.05, 4.69) is 20.9 Å². The van der Waals surface area contributed by atoms with Crippen molar-refractivity contribution in [3.8, 4) is 0 Å². The van der Waals surface area contributed by atoms with Crippen molar-refractivity contribution in [2.45, 2.75) is 89.8 Å². The molecule has 2 aromatic carbocycles. The number of nitrogens with one attached hydrogen (secondary N) is 3. The second-order valence-corrected chi connectivity index (χ2v) is 15.3. The van der Waals surface area contributed by atoms with Crippen molar-refractivity contribution in [3.63, 3.8) is 0 Å². The summed E-state index contributed by atoms with van der Waals surface area (Å²) in [5, 5.41) is 9.20. The lowest BCUT2D eigenvalue weighted by atomic mass is 9.85. The molecule has 5 rings (SSSR count). The van der Waals surface area contributed by atoms with Gasteiger partial charge in [-0.25, -0.2) is 0 Å². The van der Waals surface area contributed by atoms with Crippen LogP contribution in [0.3, 0.4) is 0 Å². The molecular formula is C35H44ClF2N6O5P. The Kier molecular flexibility index (Phi) is 11.5. The molecule has 1 aliphatic carbocycles. The predicted molar refractivity (Wildman–Crippen MR) is 190 cm³/mol. The highest BCUT2D eigenvalue weighted by atomic mass is 35.5. The third-order valence-electron chi connectivity index (χ3n) is 8.90. The van der Waals surface area contributed by atoms with E-state index in [1.165, 1.54) is 27.4 Å². The third kappa shape index (κ3) is 9.35. The van der Waals surface area contributed by atoms with Gasteiger partial charge in [0.05, 0.1) is 6.04 Å². The predicted octanol–water partition coefficient (Wildman–Crippen LogP) is 5.08. The van der Waals surface area contributed by atoms with Gasteiger partial charge in [0.15, 0.2) is 5.58 Å². The van der Waals surface area contributed by atoms with Gasteiger partial charge in [-0.3, -0.25) is 24.1 Å². The number of hydrogen-bond donors (Lipinski definition) is 3. The minimum atomic E-state index is -3.14. The largest absolute Gasteiger partial charge is 0.424 e. The number of alkyl halides is 2. The maximum atomic E-state index is 14.3. The van der Waals surface area contributed by atoms with Crippen molar-refractivity contribution in [1.82, 2.24) is 25.4 Å². The fourth-order valence-electron chi connectivity index (χ4n) is 5.90. The molecule has 11 nitrogen and oxygen atoms in total. The van der Waals surface area contributed by atoms with Crippen molar-refractivity contribution in [1.29, 1.82) is 0 Å². The standard InChI is InChI=1S/C35H44ClF2N6O5P/c1-5-6-24(28(45)31(47)39-23-12-13-23)40-30(46)26-19-44(16-15-43(26)18-20-7-10-22(36)11-8-20)32(48)29(34(2,3)4)42-33-41-25-17-21(35(37,38)50)9-14-27(25)49-33/h7-11,14,17,23-24,26,29H,5-6,12-13,15-16,18-19,50H2,1-4H3,(H,39,47)(H,40,46)(H,41,42)/t24-,26+,29+/m0/s1. The number of rotatable bonds is 13. The number of carbonyl (C=O) groups is 4. The topological polar surface area (TPSA) is 137 Å². The molecule has 2 fully saturated rings. The molecule has 1 aromatic heterocycles. The van der Waals surface area contributed by atoms with Crippen molar-refractivity contribution in [2.75, 3.05) is 25.0 Å². The van der Waals surface area contributed by atoms with Crippen LogP contribution < -0.4 is 16.0 Å². The molecule has 0 radical (unpaired) electrons. The van der Waals surface area contributed by atoms with Gasteiger partial charge in [-0.15, -0.1) is 0 Å². The summed E-state index contributed by atoms with van der Waals surface area (Å²) in [7, 11) is 1.50. The number of halogens is 3. The van der Waals surface area contributed by atoms with Crippen molar-refractivity contribution >= 4 is 61.5 Å². The maximum Gasteiger partial charge on any atom is 0.296 e. The number of hydrogen-bond acceptors (Lipinski definition) is 8. The molecule has 4 atom stereocenters. The van der Waals surface area contributed by atoms with E-state index in [0.717, 1.165) is 18.4 Å². The average molecular weight is 733 g/mol. The molecule has 3 aromatic rings. The highest BCUT2D eigenvalue weighted by molar-refractivity contribution is 7.17. The molecule has 1 aliphatic heterocycles. The van der Waals surface area contributed by atoms with Crippen molar-refractivity contribution in [2.24, 2.45) is 5.41 Å². The fraction of sp³-hybridized carbons (Fsp3) is 0.514. The van der Waals surface area contributed by atoms with E-state index in [1.807, 2.05) is 44.7 Å². The minimum absolute atomic E-state index is 0.00133. The lowest BCUT2D eigenvalue weighted by Gasteiger charge is -2.43. The van der Waals surface area contributed by atoms with Gasteiger partial charge < -0.3 is 25.3 Å². The lowest BCUT2D eigenvalue weighted by molar-refractivity contribution is -0.143. The number of aromatic nitrogens is 1. The summed E-state index contributed by atoms with van der Waals surface area (Å²) in [5.41, 5.74) is -2.66. The first kappa shape index (κ1) is 37.6. The molecule has 0 bridgehead atoms. The number of amides is 3. The number of carbonyl (C=O) groups excluding carboxylic acids is 4. The van der Waals surface area contributed by atoms with Crippen LogP contribution in [0, 0.1) is 5.41 Å². The number of anilines is 1. The van der Waals surface area contributed by atoms with Crippen LogP contribution in [0.5, 0.6) is 0 Å². The van der Waals surface area contributed by atoms with Gasteiger partial charge in [-0.2, -0.15) is 13.8 Å². The number of Topliss-reactive ketones (excluding diaryl/α,β-unsaturated/α-hetero) is 1.